The van der Waals surface area contributed by atoms with Gasteiger partial charge in [0.2, 0.25) is 0 Å². The molecule has 0 unspecified atom stereocenters. The van der Waals surface area contributed by atoms with E-state index in [1.54, 1.807) is 0 Å². The highest BCUT2D eigenvalue weighted by atomic mass is 79.9. The Labute approximate surface area is 76.7 Å². The van der Waals surface area contributed by atoms with E-state index in [9.17, 15) is 5.11 Å². The van der Waals surface area contributed by atoms with Crippen LogP contribution < -0.4 is 0 Å². The monoisotopic (exact) mass is 224 g/mol. The minimum Gasteiger partial charge on any atom is -0.395 e. The normalized spacial score (nSPS) is 16.4. The van der Waals surface area contributed by atoms with Crippen LogP contribution in [0.5, 0.6) is 0 Å². The highest BCUT2D eigenvalue weighted by Gasteiger charge is 2.13. The number of halogens is 1. The van der Waals surface area contributed by atoms with Crippen LogP contribution in [0.25, 0.3) is 0 Å². The van der Waals surface area contributed by atoms with Crippen LogP contribution in [0, 0.1) is 0 Å². The first-order valence-electron chi connectivity index (χ1n) is 4.15. The van der Waals surface area contributed by atoms with Crippen LogP contribution in [-0.2, 0) is 0 Å². The van der Waals surface area contributed by atoms with E-state index in [-0.39, 0.29) is 11.4 Å². The summed E-state index contributed by atoms with van der Waals surface area (Å²) < 4.78 is 0. The van der Waals surface area contributed by atoms with Crippen LogP contribution in [-0.4, -0.2) is 27.8 Å². The van der Waals surface area contributed by atoms with Gasteiger partial charge in [0.25, 0.3) is 0 Å². The Morgan fingerprint density at radius 1 is 1.36 bits per heavy atom. The lowest BCUT2D eigenvalue weighted by atomic mass is 10.1. The van der Waals surface area contributed by atoms with Crippen molar-refractivity contribution in [1.82, 2.24) is 0 Å². The number of aliphatic hydroxyl groups is 2. The maximum absolute atomic E-state index is 9.34. The van der Waals surface area contributed by atoms with Crippen LogP contribution >= 0.6 is 15.9 Å². The Hall–Kier alpha value is 0.400. The van der Waals surface area contributed by atoms with E-state index in [0.717, 1.165) is 19.3 Å². The highest BCUT2D eigenvalue weighted by Crippen LogP contribution is 2.12. The van der Waals surface area contributed by atoms with Gasteiger partial charge in [-0.25, -0.2) is 0 Å². The summed E-state index contributed by atoms with van der Waals surface area (Å²) in [7, 11) is 0. The fourth-order valence-corrected chi connectivity index (χ4v) is 1.17. The second-order valence-electron chi connectivity index (χ2n) is 2.76. The molecule has 0 aromatic rings. The van der Waals surface area contributed by atoms with Gasteiger partial charge >= 0.3 is 0 Å². The largest absolute Gasteiger partial charge is 0.395 e. The third kappa shape index (κ3) is 5.65. The molecule has 2 nitrogen and oxygen atoms in total. The third-order valence-electron chi connectivity index (χ3n) is 1.70. The summed E-state index contributed by atoms with van der Waals surface area (Å²) in [5, 5.41) is 18.0. The van der Waals surface area contributed by atoms with Gasteiger partial charge in [-0.2, -0.15) is 0 Å². The minimum atomic E-state index is -0.397. The van der Waals surface area contributed by atoms with Crippen molar-refractivity contribution in [2.75, 3.05) is 6.61 Å². The van der Waals surface area contributed by atoms with Crippen molar-refractivity contribution >= 4 is 15.9 Å². The van der Waals surface area contributed by atoms with Crippen LogP contribution in [0.3, 0.4) is 0 Å². The number of unbranched alkanes of at least 4 members (excludes halogenated alkanes) is 2. The Kier molecular flexibility index (Phi) is 7.33. The van der Waals surface area contributed by atoms with Crippen LogP contribution in [0.15, 0.2) is 0 Å². The molecule has 0 aliphatic heterocycles. The molecule has 0 saturated carbocycles. The van der Waals surface area contributed by atoms with Gasteiger partial charge in [0.15, 0.2) is 0 Å². The second-order valence-corrected chi connectivity index (χ2v) is 3.94. The van der Waals surface area contributed by atoms with Crippen LogP contribution in [0.4, 0.5) is 0 Å². The molecule has 0 rings (SSSR count). The van der Waals surface area contributed by atoms with Gasteiger partial charge in [0.1, 0.15) is 0 Å². The number of hydrogen-bond donors (Lipinski definition) is 2. The van der Waals surface area contributed by atoms with Crippen molar-refractivity contribution in [3.63, 3.8) is 0 Å². The number of alkyl halides is 1. The Balaban J connectivity index is 3.28. The molecular weight excluding hydrogens is 208 g/mol. The molecule has 0 aliphatic rings. The standard InChI is InChI=1S/C8H17BrO2/c1-2-3-4-5-8(11)7(9)6-10/h7-8,10-11H,2-6H2,1H3/t7-,8+/m1/s1. The lowest BCUT2D eigenvalue weighted by Gasteiger charge is -2.13. The average Bonchev–Trinajstić information content (AvgIpc) is 2.03. The highest BCUT2D eigenvalue weighted by molar-refractivity contribution is 9.09. The van der Waals surface area contributed by atoms with Crippen molar-refractivity contribution in [2.24, 2.45) is 0 Å². The minimum absolute atomic E-state index is 0.00723. The summed E-state index contributed by atoms with van der Waals surface area (Å²) in [6.07, 6.45) is 3.75. The summed E-state index contributed by atoms with van der Waals surface area (Å²) in [4.78, 5) is -0.153. The van der Waals surface area contributed by atoms with E-state index < -0.39 is 6.10 Å². The zero-order valence-electron chi connectivity index (χ0n) is 6.96. The van der Waals surface area contributed by atoms with E-state index in [1.165, 1.54) is 6.42 Å². The molecule has 11 heavy (non-hydrogen) atoms. The maximum atomic E-state index is 9.34. The van der Waals surface area contributed by atoms with E-state index in [1.807, 2.05) is 0 Å². The Morgan fingerprint density at radius 2 is 2.00 bits per heavy atom. The molecule has 68 valence electrons. The first kappa shape index (κ1) is 11.4. The molecule has 0 aromatic carbocycles. The van der Waals surface area contributed by atoms with Gasteiger partial charge in [-0.05, 0) is 6.42 Å². The number of aliphatic hydroxyl groups excluding tert-OH is 2. The molecule has 0 fully saturated rings. The first-order chi connectivity index (χ1) is 5.22. The predicted molar refractivity (Wildman–Crippen MR) is 49.9 cm³/mol. The first-order valence-corrected chi connectivity index (χ1v) is 5.07. The SMILES string of the molecule is CCCCC[C@H](O)[C@H](Br)CO. The van der Waals surface area contributed by atoms with Gasteiger partial charge in [-0.3, -0.25) is 0 Å². The lowest BCUT2D eigenvalue weighted by molar-refractivity contribution is 0.132. The molecule has 0 heterocycles. The molecule has 0 aromatic heterocycles. The smallest absolute Gasteiger partial charge is 0.0687 e. The molecule has 3 heteroatoms. The summed E-state index contributed by atoms with van der Waals surface area (Å²) >= 11 is 3.19. The Bertz CT molecular complexity index is 88.2. The fourth-order valence-electron chi connectivity index (χ4n) is 0.906. The van der Waals surface area contributed by atoms with E-state index in [4.69, 9.17) is 5.11 Å². The molecule has 0 saturated heterocycles. The lowest BCUT2D eigenvalue weighted by Crippen LogP contribution is -2.23. The van der Waals surface area contributed by atoms with Crippen molar-refractivity contribution in [3.8, 4) is 0 Å². The quantitative estimate of drug-likeness (QED) is 0.533. The second kappa shape index (κ2) is 7.07. The molecule has 0 spiro atoms. The van der Waals surface area contributed by atoms with Crippen LogP contribution in [0.2, 0.25) is 0 Å². The molecule has 2 atom stereocenters. The van der Waals surface area contributed by atoms with Gasteiger partial charge in [0.05, 0.1) is 17.5 Å². The molecule has 2 N–H and O–H groups in total. The molecule has 0 aliphatic carbocycles. The van der Waals surface area contributed by atoms with Gasteiger partial charge in [-0.15, -0.1) is 0 Å². The van der Waals surface area contributed by atoms with E-state index in [2.05, 4.69) is 22.9 Å². The molecular formula is C8H17BrO2. The average molecular weight is 225 g/mol. The Morgan fingerprint density at radius 3 is 2.45 bits per heavy atom. The van der Waals surface area contributed by atoms with Crippen molar-refractivity contribution in [1.29, 1.82) is 0 Å². The van der Waals surface area contributed by atoms with E-state index in [0.29, 0.717) is 0 Å². The zero-order chi connectivity index (χ0) is 8.69. The summed E-state index contributed by atoms with van der Waals surface area (Å²) in [5.74, 6) is 0. The van der Waals surface area contributed by atoms with Crippen LogP contribution in [0.1, 0.15) is 32.6 Å². The van der Waals surface area contributed by atoms with Gasteiger partial charge in [-0.1, -0.05) is 42.1 Å². The number of rotatable bonds is 6. The molecule has 0 bridgehead atoms. The maximum Gasteiger partial charge on any atom is 0.0687 e. The summed E-state index contributed by atoms with van der Waals surface area (Å²) in [6.45, 7) is 2.14. The fraction of sp³-hybridized carbons (Fsp3) is 1.00. The molecule has 0 radical (unpaired) electrons. The summed E-state index contributed by atoms with van der Waals surface area (Å²) in [5.41, 5.74) is 0. The predicted octanol–water partition coefficient (Wildman–Crippen LogP) is 1.68. The topological polar surface area (TPSA) is 40.5 Å². The van der Waals surface area contributed by atoms with Crippen molar-refractivity contribution in [2.45, 2.75) is 43.5 Å². The van der Waals surface area contributed by atoms with Crippen molar-refractivity contribution in [3.05, 3.63) is 0 Å². The van der Waals surface area contributed by atoms with Crippen molar-refractivity contribution < 1.29 is 10.2 Å². The van der Waals surface area contributed by atoms with Gasteiger partial charge < -0.3 is 10.2 Å². The number of hydrogen-bond acceptors (Lipinski definition) is 2. The zero-order valence-corrected chi connectivity index (χ0v) is 8.55. The third-order valence-corrected chi connectivity index (χ3v) is 2.60. The van der Waals surface area contributed by atoms with E-state index >= 15 is 0 Å². The summed E-state index contributed by atoms with van der Waals surface area (Å²) in [6, 6.07) is 0. The van der Waals surface area contributed by atoms with Gasteiger partial charge in [0, 0.05) is 0 Å². The molecule has 0 amide bonds.